The Labute approximate surface area is 154 Å². The lowest BCUT2D eigenvalue weighted by molar-refractivity contribution is 0.0906. The van der Waals surface area contributed by atoms with Gasteiger partial charge in [0.2, 0.25) is 5.91 Å². The molecule has 132 valence electrons. The average Bonchev–Trinajstić information content (AvgIpc) is 2.92. The van der Waals surface area contributed by atoms with Crippen LogP contribution in [-0.2, 0) is 12.8 Å². The molecule has 2 aliphatic heterocycles. The summed E-state index contributed by atoms with van der Waals surface area (Å²) in [5.41, 5.74) is 5.20. The molecule has 3 nitrogen and oxygen atoms in total. The second-order valence-corrected chi connectivity index (χ2v) is 7.54. The second-order valence-electron chi connectivity index (χ2n) is 7.54. The molecule has 0 saturated carbocycles. The summed E-state index contributed by atoms with van der Waals surface area (Å²) >= 11 is 0. The molecule has 0 saturated heterocycles. The van der Waals surface area contributed by atoms with E-state index in [0.29, 0.717) is 12.5 Å². The molecule has 3 aromatic rings. The molecule has 3 heteroatoms. The number of hydrogen-bond acceptors (Lipinski definition) is 2. The summed E-state index contributed by atoms with van der Waals surface area (Å²) in [4.78, 5) is 15.5. The van der Waals surface area contributed by atoms with E-state index >= 15 is 0 Å². The van der Waals surface area contributed by atoms with Gasteiger partial charge in [0.1, 0.15) is 0 Å². The van der Waals surface area contributed by atoms with Gasteiger partial charge in [0.25, 0.3) is 0 Å². The Morgan fingerprint density at radius 2 is 1.77 bits per heavy atom. The number of rotatable bonds is 3. The Bertz CT molecular complexity index is 957. The molecule has 3 heterocycles. The van der Waals surface area contributed by atoms with E-state index in [9.17, 15) is 4.79 Å². The van der Waals surface area contributed by atoms with Gasteiger partial charge in [-0.05, 0) is 42.9 Å². The van der Waals surface area contributed by atoms with E-state index in [4.69, 9.17) is 0 Å². The average molecular weight is 344 g/mol. The van der Waals surface area contributed by atoms with Crippen LogP contribution < -0.4 is 0 Å². The monoisotopic (exact) mass is 344 g/mol. The third kappa shape index (κ3) is 2.50. The summed E-state index contributed by atoms with van der Waals surface area (Å²) in [6, 6.07) is 19.6. The number of benzene rings is 2. The largest absolute Gasteiger partial charge is 0.294 e. The van der Waals surface area contributed by atoms with Crippen molar-refractivity contribution in [2.24, 2.45) is 0 Å². The van der Waals surface area contributed by atoms with E-state index in [2.05, 4.69) is 64.1 Å². The highest BCUT2D eigenvalue weighted by Gasteiger charge is 2.35. The zero-order valence-corrected chi connectivity index (χ0v) is 15.0. The zero-order valence-electron chi connectivity index (χ0n) is 15.0. The van der Waals surface area contributed by atoms with Crippen LogP contribution in [0, 0.1) is 0 Å². The first-order valence-corrected chi connectivity index (χ1v) is 9.76. The van der Waals surface area contributed by atoms with Crippen LogP contribution in [0.25, 0.3) is 10.9 Å². The van der Waals surface area contributed by atoms with E-state index < -0.39 is 0 Å². The standard InChI is InChI=1S/C23H24N2O/c26-22-12-6-11-21-23-19(18-9-4-5-10-20(18)25(22)23)14-16-24(21)15-13-17-7-2-1-3-8-17/h1-5,7-10,21H,6,11-16H2. The van der Waals surface area contributed by atoms with Gasteiger partial charge in [0.15, 0.2) is 0 Å². The number of aromatic nitrogens is 1. The van der Waals surface area contributed by atoms with Crippen molar-refractivity contribution in [3.05, 3.63) is 71.4 Å². The first-order chi connectivity index (χ1) is 12.8. The molecule has 26 heavy (non-hydrogen) atoms. The molecule has 0 N–H and O–H groups in total. The number of carbonyl (C=O) groups is 1. The van der Waals surface area contributed by atoms with Gasteiger partial charge in [0.05, 0.1) is 11.6 Å². The normalized spacial score (nSPS) is 20.2. The van der Waals surface area contributed by atoms with Gasteiger partial charge in [-0.25, -0.2) is 0 Å². The SMILES string of the molecule is O=C1CCCC2c3c(c4ccccc4n31)CCN2CCc1ccccc1. The lowest BCUT2D eigenvalue weighted by atomic mass is 9.94. The number of hydrogen-bond donors (Lipinski definition) is 0. The van der Waals surface area contributed by atoms with Crippen molar-refractivity contribution < 1.29 is 4.79 Å². The van der Waals surface area contributed by atoms with Crippen molar-refractivity contribution in [1.29, 1.82) is 0 Å². The van der Waals surface area contributed by atoms with Crippen LogP contribution in [-0.4, -0.2) is 28.5 Å². The summed E-state index contributed by atoms with van der Waals surface area (Å²) in [5.74, 6) is 0.273. The number of carbonyl (C=O) groups excluding carboxylic acids is 1. The van der Waals surface area contributed by atoms with Gasteiger partial charge in [0, 0.05) is 30.6 Å². The number of nitrogens with zero attached hydrogens (tertiary/aromatic N) is 2. The molecule has 5 rings (SSSR count). The van der Waals surface area contributed by atoms with Crippen molar-refractivity contribution in [2.45, 2.75) is 38.1 Å². The maximum absolute atomic E-state index is 12.8. The van der Waals surface area contributed by atoms with Crippen LogP contribution in [0.3, 0.4) is 0 Å². The smallest absolute Gasteiger partial charge is 0.231 e. The Kier molecular flexibility index (Phi) is 3.90. The predicted molar refractivity (Wildman–Crippen MR) is 105 cm³/mol. The first kappa shape index (κ1) is 15.8. The van der Waals surface area contributed by atoms with Gasteiger partial charge in [-0.3, -0.25) is 14.3 Å². The summed E-state index contributed by atoms with van der Waals surface area (Å²) in [5, 5.41) is 1.28. The van der Waals surface area contributed by atoms with Crippen LogP contribution in [0.5, 0.6) is 0 Å². The Hall–Kier alpha value is -2.39. The molecule has 0 spiro atoms. The molecule has 2 aliphatic rings. The van der Waals surface area contributed by atoms with E-state index in [1.165, 1.54) is 22.2 Å². The molecule has 1 atom stereocenters. The summed E-state index contributed by atoms with van der Waals surface area (Å²) in [6.07, 6.45) is 4.85. The Balaban J connectivity index is 1.54. The maximum atomic E-state index is 12.8. The van der Waals surface area contributed by atoms with Gasteiger partial charge in [-0.2, -0.15) is 0 Å². The van der Waals surface area contributed by atoms with E-state index in [0.717, 1.165) is 44.3 Å². The van der Waals surface area contributed by atoms with Crippen LogP contribution in [0.4, 0.5) is 0 Å². The molecule has 2 aromatic carbocycles. The topological polar surface area (TPSA) is 25.2 Å². The quantitative estimate of drug-likeness (QED) is 0.693. The van der Waals surface area contributed by atoms with Crippen molar-refractivity contribution in [1.82, 2.24) is 9.47 Å². The molecule has 0 bridgehead atoms. The van der Waals surface area contributed by atoms with Crippen LogP contribution in [0.2, 0.25) is 0 Å². The fourth-order valence-corrected chi connectivity index (χ4v) is 4.86. The fourth-order valence-electron chi connectivity index (χ4n) is 4.86. The maximum Gasteiger partial charge on any atom is 0.231 e. The van der Waals surface area contributed by atoms with Crippen LogP contribution >= 0.6 is 0 Å². The van der Waals surface area contributed by atoms with Crippen molar-refractivity contribution in [3.63, 3.8) is 0 Å². The van der Waals surface area contributed by atoms with Crippen molar-refractivity contribution in [3.8, 4) is 0 Å². The minimum atomic E-state index is 0.273. The molecule has 0 aliphatic carbocycles. The van der Waals surface area contributed by atoms with E-state index in [1.807, 2.05) is 0 Å². The molecule has 1 unspecified atom stereocenters. The van der Waals surface area contributed by atoms with Gasteiger partial charge >= 0.3 is 0 Å². The van der Waals surface area contributed by atoms with Crippen LogP contribution in [0.1, 0.15) is 46.9 Å². The van der Waals surface area contributed by atoms with Gasteiger partial charge in [-0.15, -0.1) is 0 Å². The third-order valence-corrected chi connectivity index (χ3v) is 6.07. The summed E-state index contributed by atoms with van der Waals surface area (Å²) in [7, 11) is 0. The number of fused-ring (bicyclic) bond motifs is 3. The van der Waals surface area contributed by atoms with Crippen LogP contribution in [0.15, 0.2) is 54.6 Å². The zero-order chi connectivity index (χ0) is 17.5. The van der Waals surface area contributed by atoms with Crippen molar-refractivity contribution >= 4 is 16.8 Å². The molecule has 1 aromatic heterocycles. The molecular formula is C23H24N2O. The Morgan fingerprint density at radius 3 is 2.65 bits per heavy atom. The molecule has 0 amide bonds. The highest BCUT2D eigenvalue weighted by molar-refractivity contribution is 5.96. The van der Waals surface area contributed by atoms with E-state index in [1.54, 1.807) is 0 Å². The molecule has 0 fully saturated rings. The minimum absolute atomic E-state index is 0.273. The lowest BCUT2D eigenvalue weighted by Gasteiger charge is -2.36. The Morgan fingerprint density at radius 1 is 0.962 bits per heavy atom. The molecular weight excluding hydrogens is 320 g/mol. The first-order valence-electron chi connectivity index (χ1n) is 9.76. The second kappa shape index (κ2) is 6.40. The lowest BCUT2D eigenvalue weighted by Crippen LogP contribution is -2.37. The minimum Gasteiger partial charge on any atom is -0.294 e. The highest BCUT2D eigenvalue weighted by Crippen LogP contribution is 2.41. The highest BCUT2D eigenvalue weighted by atomic mass is 16.2. The fraction of sp³-hybridized carbons (Fsp3) is 0.348. The van der Waals surface area contributed by atoms with Gasteiger partial charge < -0.3 is 0 Å². The van der Waals surface area contributed by atoms with Crippen molar-refractivity contribution in [2.75, 3.05) is 13.1 Å². The summed E-state index contributed by atoms with van der Waals surface area (Å²) < 4.78 is 2.05. The summed E-state index contributed by atoms with van der Waals surface area (Å²) in [6.45, 7) is 2.15. The van der Waals surface area contributed by atoms with E-state index in [-0.39, 0.29) is 5.91 Å². The third-order valence-electron chi connectivity index (χ3n) is 6.07. The predicted octanol–water partition coefficient (Wildman–Crippen LogP) is 4.61. The van der Waals surface area contributed by atoms with Gasteiger partial charge in [-0.1, -0.05) is 48.5 Å². The number of para-hydroxylation sites is 1. The molecule has 0 radical (unpaired) electrons.